The first-order valence-corrected chi connectivity index (χ1v) is 8.97. The molecule has 1 aliphatic carbocycles. The quantitative estimate of drug-likeness (QED) is 0.444. The second-order valence-corrected chi connectivity index (χ2v) is 6.70. The molecule has 0 heterocycles. The summed E-state index contributed by atoms with van der Waals surface area (Å²) in [7, 11) is 0. The van der Waals surface area contributed by atoms with Crippen LogP contribution < -0.4 is 0 Å². The molecule has 0 aliphatic heterocycles. The number of nitrogens with zero attached hydrogens (tertiary/aromatic N) is 1. The molecule has 0 N–H and O–H groups in total. The van der Waals surface area contributed by atoms with Crippen LogP contribution in [0.3, 0.4) is 0 Å². The number of nitriles is 1. The molecule has 0 aromatic heterocycles. The Morgan fingerprint density at radius 3 is 2.50 bits per heavy atom. The predicted molar refractivity (Wildman–Crippen MR) is 93.6 cm³/mol. The maximum atomic E-state index is 8.82. The standard InChI is InChI=1S/C21H29N/c1-2-3-4-5-6-18-7-9-19(10-8-18)11-12-20-13-15-21(17-22)16-14-20/h5-6,13-16,18-19H,2-4,7-12H2,1H3/b6-5+/t18-,19-. The van der Waals surface area contributed by atoms with Gasteiger partial charge in [0.1, 0.15) is 0 Å². The van der Waals surface area contributed by atoms with Crippen molar-refractivity contribution in [3.8, 4) is 6.07 Å². The lowest BCUT2D eigenvalue weighted by atomic mass is 9.79. The molecule has 0 bridgehead atoms. The van der Waals surface area contributed by atoms with Gasteiger partial charge in [-0.2, -0.15) is 5.26 Å². The lowest BCUT2D eigenvalue weighted by molar-refractivity contribution is 0.296. The van der Waals surface area contributed by atoms with E-state index < -0.39 is 0 Å². The lowest BCUT2D eigenvalue weighted by Gasteiger charge is -2.26. The smallest absolute Gasteiger partial charge is 0.0991 e. The summed E-state index contributed by atoms with van der Waals surface area (Å²) in [5.74, 6) is 1.74. The fourth-order valence-electron chi connectivity index (χ4n) is 3.40. The highest BCUT2D eigenvalue weighted by Crippen LogP contribution is 2.32. The van der Waals surface area contributed by atoms with Crippen molar-refractivity contribution < 1.29 is 0 Å². The van der Waals surface area contributed by atoms with Crippen LogP contribution >= 0.6 is 0 Å². The third-order valence-corrected chi connectivity index (χ3v) is 4.95. The first-order chi connectivity index (χ1) is 10.8. The Bertz CT molecular complexity index is 484. The van der Waals surface area contributed by atoms with Crippen molar-refractivity contribution >= 4 is 0 Å². The van der Waals surface area contributed by atoms with Crippen LogP contribution in [-0.4, -0.2) is 0 Å². The largest absolute Gasteiger partial charge is 0.192 e. The minimum absolute atomic E-state index is 0.763. The molecule has 1 aromatic carbocycles. The predicted octanol–water partition coefficient (Wildman–Crippen LogP) is 6.04. The van der Waals surface area contributed by atoms with Crippen LogP contribution in [0.1, 0.15) is 69.4 Å². The number of rotatable bonds is 7. The van der Waals surface area contributed by atoms with Gasteiger partial charge in [0.05, 0.1) is 11.6 Å². The summed E-state index contributed by atoms with van der Waals surface area (Å²) in [5, 5.41) is 8.82. The van der Waals surface area contributed by atoms with E-state index in [9.17, 15) is 0 Å². The zero-order valence-electron chi connectivity index (χ0n) is 13.9. The van der Waals surface area contributed by atoms with Crippen LogP contribution in [0, 0.1) is 23.2 Å². The van der Waals surface area contributed by atoms with Crippen molar-refractivity contribution in [1.29, 1.82) is 5.26 Å². The van der Waals surface area contributed by atoms with E-state index in [-0.39, 0.29) is 0 Å². The summed E-state index contributed by atoms with van der Waals surface area (Å²) in [5.41, 5.74) is 2.14. The Hall–Kier alpha value is -1.55. The number of hydrogen-bond donors (Lipinski definition) is 0. The van der Waals surface area contributed by atoms with Gasteiger partial charge in [0, 0.05) is 0 Å². The molecule has 0 unspecified atom stereocenters. The monoisotopic (exact) mass is 295 g/mol. The molecule has 22 heavy (non-hydrogen) atoms. The molecule has 0 radical (unpaired) electrons. The van der Waals surface area contributed by atoms with E-state index in [1.54, 1.807) is 0 Å². The average molecular weight is 295 g/mol. The summed E-state index contributed by atoms with van der Waals surface area (Å²) < 4.78 is 0. The third-order valence-electron chi connectivity index (χ3n) is 4.95. The Morgan fingerprint density at radius 2 is 1.86 bits per heavy atom. The second kappa shape index (κ2) is 9.46. The number of aryl methyl sites for hydroxylation is 1. The van der Waals surface area contributed by atoms with Crippen molar-refractivity contribution in [2.45, 2.75) is 64.7 Å². The number of allylic oxidation sites excluding steroid dienone is 2. The third kappa shape index (κ3) is 5.68. The highest BCUT2D eigenvalue weighted by molar-refractivity contribution is 5.31. The molecule has 0 amide bonds. The zero-order valence-corrected chi connectivity index (χ0v) is 13.9. The maximum Gasteiger partial charge on any atom is 0.0991 e. The number of unbranched alkanes of at least 4 members (excludes halogenated alkanes) is 2. The highest BCUT2D eigenvalue weighted by Gasteiger charge is 2.19. The van der Waals surface area contributed by atoms with Crippen molar-refractivity contribution in [2.24, 2.45) is 11.8 Å². The summed E-state index contributed by atoms with van der Waals surface area (Å²) in [6.07, 6.45) is 16.8. The van der Waals surface area contributed by atoms with Crippen LogP contribution in [0.15, 0.2) is 36.4 Å². The van der Waals surface area contributed by atoms with Crippen LogP contribution in [0.4, 0.5) is 0 Å². The average Bonchev–Trinajstić information content (AvgIpc) is 2.58. The topological polar surface area (TPSA) is 23.8 Å². The van der Waals surface area contributed by atoms with Gasteiger partial charge in [-0.05, 0) is 74.5 Å². The molecule has 1 fully saturated rings. The first kappa shape index (κ1) is 16.8. The van der Waals surface area contributed by atoms with Crippen LogP contribution in [0.25, 0.3) is 0 Å². The molecule has 1 saturated carbocycles. The highest BCUT2D eigenvalue weighted by atomic mass is 14.2. The Morgan fingerprint density at radius 1 is 1.14 bits per heavy atom. The van der Waals surface area contributed by atoms with E-state index in [0.29, 0.717) is 0 Å². The summed E-state index contributed by atoms with van der Waals surface area (Å²) >= 11 is 0. The fourth-order valence-corrected chi connectivity index (χ4v) is 3.40. The first-order valence-electron chi connectivity index (χ1n) is 8.97. The fraction of sp³-hybridized carbons (Fsp3) is 0.571. The van der Waals surface area contributed by atoms with Crippen LogP contribution in [0.5, 0.6) is 0 Å². The molecular weight excluding hydrogens is 266 g/mol. The van der Waals surface area contributed by atoms with Crippen LogP contribution in [-0.2, 0) is 6.42 Å². The Kier molecular flexibility index (Phi) is 7.23. The van der Waals surface area contributed by atoms with Gasteiger partial charge >= 0.3 is 0 Å². The zero-order chi connectivity index (χ0) is 15.6. The van der Waals surface area contributed by atoms with E-state index in [2.05, 4.69) is 37.3 Å². The van der Waals surface area contributed by atoms with E-state index in [1.165, 1.54) is 56.9 Å². The minimum Gasteiger partial charge on any atom is -0.192 e. The Balaban J connectivity index is 1.66. The van der Waals surface area contributed by atoms with Gasteiger partial charge in [-0.25, -0.2) is 0 Å². The summed E-state index contributed by atoms with van der Waals surface area (Å²) in [4.78, 5) is 0. The summed E-state index contributed by atoms with van der Waals surface area (Å²) in [6.45, 7) is 2.26. The van der Waals surface area contributed by atoms with E-state index in [1.807, 2.05) is 12.1 Å². The molecule has 0 atom stereocenters. The number of hydrogen-bond acceptors (Lipinski definition) is 1. The van der Waals surface area contributed by atoms with Gasteiger partial charge in [0.25, 0.3) is 0 Å². The molecule has 118 valence electrons. The normalized spacial score (nSPS) is 21.8. The van der Waals surface area contributed by atoms with Gasteiger partial charge in [0.15, 0.2) is 0 Å². The van der Waals surface area contributed by atoms with E-state index in [0.717, 1.165) is 23.8 Å². The molecule has 1 aromatic rings. The van der Waals surface area contributed by atoms with Crippen molar-refractivity contribution in [2.75, 3.05) is 0 Å². The molecule has 0 spiro atoms. The molecule has 1 aliphatic rings. The molecule has 1 nitrogen and oxygen atoms in total. The SMILES string of the molecule is CCCC/C=C/[C@H]1CC[C@H](CCc2ccc(C#N)cc2)CC1. The molecule has 2 rings (SSSR count). The van der Waals surface area contributed by atoms with E-state index in [4.69, 9.17) is 5.26 Å². The van der Waals surface area contributed by atoms with Gasteiger partial charge in [-0.15, -0.1) is 0 Å². The molecular formula is C21H29N. The van der Waals surface area contributed by atoms with Gasteiger partial charge < -0.3 is 0 Å². The second-order valence-electron chi connectivity index (χ2n) is 6.70. The molecule has 0 saturated heterocycles. The van der Waals surface area contributed by atoms with Crippen molar-refractivity contribution in [3.05, 3.63) is 47.5 Å². The van der Waals surface area contributed by atoms with Crippen molar-refractivity contribution in [3.63, 3.8) is 0 Å². The van der Waals surface area contributed by atoms with Gasteiger partial charge in [-0.1, -0.05) is 44.1 Å². The van der Waals surface area contributed by atoms with E-state index >= 15 is 0 Å². The molecule has 1 heteroatoms. The van der Waals surface area contributed by atoms with Crippen LogP contribution in [0.2, 0.25) is 0 Å². The number of benzene rings is 1. The minimum atomic E-state index is 0.763. The lowest BCUT2D eigenvalue weighted by Crippen LogP contribution is -2.13. The summed E-state index contributed by atoms with van der Waals surface area (Å²) in [6, 6.07) is 10.3. The Labute approximate surface area is 136 Å². The maximum absolute atomic E-state index is 8.82. The van der Waals surface area contributed by atoms with Gasteiger partial charge in [-0.3, -0.25) is 0 Å². The van der Waals surface area contributed by atoms with Gasteiger partial charge in [0.2, 0.25) is 0 Å². The van der Waals surface area contributed by atoms with Crippen molar-refractivity contribution in [1.82, 2.24) is 0 Å².